The van der Waals surface area contributed by atoms with Crippen molar-refractivity contribution in [3.05, 3.63) is 88.5 Å². The molecule has 0 bridgehead atoms. The van der Waals surface area contributed by atoms with E-state index < -0.39 is 5.91 Å². The van der Waals surface area contributed by atoms with Crippen molar-refractivity contribution in [2.45, 2.75) is 20.0 Å². The standard InChI is InChI=1S/C27H25ClN2O4/c1-3-14-33-25-13-6-20(16-26(25)32-2)15-21(17-29)27(31)30-23-9-11-24(12-10-23)34-18-19-4-7-22(28)8-5-19/h4-13,15-16H,3,14,18H2,1-2H3,(H,30,31)/b21-15+. The summed E-state index contributed by atoms with van der Waals surface area (Å²) in [6, 6.07) is 21.6. The second-order valence-electron chi connectivity index (χ2n) is 7.32. The summed E-state index contributed by atoms with van der Waals surface area (Å²) in [5.74, 6) is 1.29. The van der Waals surface area contributed by atoms with Crippen molar-refractivity contribution in [2.75, 3.05) is 19.0 Å². The van der Waals surface area contributed by atoms with Crippen molar-refractivity contribution < 1.29 is 19.0 Å². The SMILES string of the molecule is CCCOc1ccc(/C=C(\C#N)C(=O)Nc2ccc(OCc3ccc(Cl)cc3)cc2)cc1OC. The number of carbonyl (C=O) groups is 1. The molecule has 0 spiro atoms. The largest absolute Gasteiger partial charge is 0.493 e. The third-order valence-electron chi connectivity index (χ3n) is 4.76. The summed E-state index contributed by atoms with van der Waals surface area (Å²) in [7, 11) is 1.54. The van der Waals surface area contributed by atoms with Gasteiger partial charge in [0.05, 0.1) is 13.7 Å². The first-order valence-corrected chi connectivity index (χ1v) is 11.1. The maximum atomic E-state index is 12.6. The number of hydrogen-bond donors (Lipinski definition) is 1. The fourth-order valence-corrected chi connectivity index (χ4v) is 3.13. The molecular formula is C27H25ClN2O4. The molecule has 6 nitrogen and oxygen atoms in total. The Balaban J connectivity index is 1.63. The van der Waals surface area contributed by atoms with Crippen molar-refractivity contribution in [3.63, 3.8) is 0 Å². The molecule has 1 amide bonds. The molecule has 0 aliphatic rings. The number of nitrogens with one attached hydrogen (secondary N) is 1. The van der Waals surface area contributed by atoms with Gasteiger partial charge in [0.15, 0.2) is 11.5 Å². The fourth-order valence-electron chi connectivity index (χ4n) is 3.00. The van der Waals surface area contributed by atoms with Crippen LogP contribution in [0, 0.1) is 11.3 Å². The molecule has 0 aromatic heterocycles. The van der Waals surface area contributed by atoms with Crippen LogP contribution in [0.1, 0.15) is 24.5 Å². The minimum atomic E-state index is -0.511. The lowest BCUT2D eigenvalue weighted by molar-refractivity contribution is -0.112. The highest BCUT2D eigenvalue weighted by molar-refractivity contribution is 6.30. The second kappa shape index (κ2) is 12.3. The predicted octanol–water partition coefficient (Wildman–Crippen LogP) is 6.26. The zero-order valence-corrected chi connectivity index (χ0v) is 19.8. The number of rotatable bonds is 10. The summed E-state index contributed by atoms with van der Waals surface area (Å²) < 4.78 is 16.8. The van der Waals surface area contributed by atoms with Gasteiger partial charge in [0.2, 0.25) is 0 Å². The topological polar surface area (TPSA) is 80.6 Å². The number of methoxy groups -OCH3 is 1. The van der Waals surface area contributed by atoms with E-state index in [2.05, 4.69) is 5.32 Å². The quantitative estimate of drug-likeness (QED) is 0.276. The van der Waals surface area contributed by atoms with E-state index in [0.717, 1.165) is 12.0 Å². The van der Waals surface area contributed by atoms with Crippen LogP contribution >= 0.6 is 11.6 Å². The smallest absolute Gasteiger partial charge is 0.266 e. The van der Waals surface area contributed by atoms with Gasteiger partial charge >= 0.3 is 0 Å². The summed E-state index contributed by atoms with van der Waals surface area (Å²) in [5.41, 5.74) is 2.16. The number of benzene rings is 3. The minimum Gasteiger partial charge on any atom is -0.493 e. The van der Waals surface area contributed by atoms with Crippen LogP contribution in [0.3, 0.4) is 0 Å². The van der Waals surface area contributed by atoms with Gasteiger partial charge in [0.1, 0.15) is 24.0 Å². The van der Waals surface area contributed by atoms with Crippen LogP contribution in [-0.4, -0.2) is 19.6 Å². The Morgan fingerprint density at radius 3 is 2.41 bits per heavy atom. The normalized spacial score (nSPS) is 10.8. The van der Waals surface area contributed by atoms with Crippen LogP contribution in [0.15, 0.2) is 72.3 Å². The predicted molar refractivity (Wildman–Crippen MR) is 133 cm³/mol. The Bertz CT molecular complexity index is 1180. The molecule has 0 aliphatic heterocycles. The molecule has 3 aromatic rings. The molecule has 174 valence electrons. The van der Waals surface area contributed by atoms with Gasteiger partial charge in [0.25, 0.3) is 5.91 Å². The van der Waals surface area contributed by atoms with Crippen LogP contribution in [0.4, 0.5) is 5.69 Å². The van der Waals surface area contributed by atoms with Crippen LogP contribution in [0.5, 0.6) is 17.2 Å². The lowest BCUT2D eigenvalue weighted by atomic mass is 10.1. The Hall–Kier alpha value is -3.95. The van der Waals surface area contributed by atoms with E-state index in [0.29, 0.717) is 46.7 Å². The lowest BCUT2D eigenvalue weighted by Gasteiger charge is -2.11. The lowest BCUT2D eigenvalue weighted by Crippen LogP contribution is -2.13. The number of nitrogens with zero attached hydrogens (tertiary/aromatic N) is 1. The highest BCUT2D eigenvalue weighted by Crippen LogP contribution is 2.29. The van der Waals surface area contributed by atoms with Crippen molar-refractivity contribution in [1.29, 1.82) is 5.26 Å². The van der Waals surface area contributed by atoms with Crippen LogP contribution in [0.2, 0.25) is 5.02 Å². The molecule has 0 saturated heterocycles. The third-order valence-corrected chi connectivity index (χ3v) is 5.01. The van der Waals surface area contributed by atoms with Gasteiger partial charge in [-0.2, -0.15) is 5.26 Å². The van der Waals surface area contributed by atoms with E-state index in [1.165, 1.54) is 6.08 Å². The van der Waals surface area contributed by atoms with Crippen molar-refractivity contribution in [1.82, 2.24) is 0 Å². The van der Waals surface area contributed by atoms with Crippen LogP contribution < -0.4 is 19.5 Å². The number of nitriles is 1. The molecule has 7 heteroatoms. The third kappa shape index (κ3) is 7.03. The first-order chi connectivity index (χ1) is 16.5. The first kappa shape index (κ1) is 24.7. The highest BCUT2D eigenvalue weighted by atomic mass is 35.5. The number of ether oxygens (including phenoxy) is 3. The zero-order valence-electron chi connectivity index (χ0n) is 19.0. The molecule has 34 heavy (non-hydrogen) atoms. The van der Waals surface area contributed by atoms with Gasteiger partial charge in [-0.3, -0.25) is 4.79 Å². The molecule has 0 fully saturated rings. The van der Waals surface area contributed by atoms with Gasteiger partial charge in [-0.25, -0.2) is 0 Å². The summed E-state index contributed by atoms with van der Waals surface area (Å²) in [6.07, 6.45) is 2.38. The van der Waals surface area contributed by atoms with Gasteiger partial charge in [-0.05, 0) is 72.2 Å². The number of hydrogen-bond acceptors (Lipinski definition) is 5. The van der Waals surface area contributed by atoms with E-state index in [9.17, 15) is 10.1 Å². The molecule has 3 rings (SSSR count). The number of halogens is 1. The van der Waals surface area contributed by atoms with E-state index in [1.54, 1.807) is 49.6 Å². The molecule has 0 unspecified atom stereocenters. The van der Waals surface area contributed by atoms with Crippen molar-refractivity contribution in [3.8, 4) is 23.3 Å². The van der Waals surface area contributed by atoms with Crippen LogP contribution in [0.25, 0.3) is 6.08 Å². The summed E-state index contributed by atoms with van der Waals surface area (Å²) in [6.45, 7) is 2.99. The van der Waals surface area contributed by atoms with E-state index in [4.69, 9.17) is 25.8 Å². The molecule has 0 radical (unpaired) electrons. The number of anilines is 1. The van der Waals surface area contributed by atoms with Gasteiger partial charge in [-0.15, -0.1) is 0 Å². The monoisotopic (exact) mass is 476 g/mol. The summed E-state index contributed by atoms with van der Waals surface area (Å²) >= 11 is 5.89. The maximum Gasteiger partial charge on any atom is 0.266 e. The summed E-state index contributed by atoms with van der Waals surface area (Å²) in [5, 5.41) is 12.9. The molecule has 0 saturated carbocycles. The minimum absolute atomic E-state index is 0.0349. The average Bonchev–Trinajstić information content (AvgIpc) is 2.86. The molecule has 0 aliphatic carbocycles. The zero-order chi connectivity index (χ0) is 24.3. The Kier molecular flexibility index (Phi) is 8.96. The Morgan fingerprint density at radius 2 is 1.76 bits per heavy atom. The average molecular weight is 477 g/mol. The first-order valence-electron chi connectivity index (χ1n) is 10.7. The molecule has 0 atom stereocenters. The van der Waals surface area contributed by atoms with E-state index >= 15 is 0 Å². The Labute approximate surface area is 204 Å². The highest BCUT2D eigenvalue weighted by Gasteiger charge is 2.11. The number of carbonyl (C=O) groups excluding carboxylic acids is 1. The summed E-state index contributed by atoms with van der Waals surface area (Å²) in [4.78, 5) is 12.6. The van der Waals surface area contributed by atoms with Crippen molar-refractivity contribution >= 4 is 29.3 Å². The number of amides is 1. The van der Waals surface area contributed by atoms with Gasteiger partial charge in [-0.1, -0.05) is 36.7 Å². The maximum absolute atomic E-state index is 12.6. The molecule has 0 heterocycles. The van der Waals surface area contributed by atoms with E-state index in [-0.39, 0.29) is 5.57 Å². The Morgan fingerprint density at radius 1 is 1.03 bits per heavy atom. The molecule has 3 aromatic carbocycles. The molecular weight excluding hydrogens is 452 g/mol. The van der Waals surface area contributed by atoms with Crippen molar-refractivity contribution in [2.24, 2.45) is 0 Å². The van der Waals surface area contributed by atoms with E-state index in [1.807, 2.05) is 37.3 Å². The van der Waals surface area contributed by atoms with Gasteiger partial charge in [0, 0.05) is 10.7 Å². The second-order valence-corrected chi connectivity index (χ2v) is 7.76. The van der Waals surface area contributed by atoms with Crippen LogP contribution in [-0.2, 0) is 11.4 Å². The van der Waals surface area contributed by atoms with Gasteiger partial charge < -0.3 is 19.5 Å². The molecule has 1 N–H and O–H groups in total. The fraction of sp³-hybridized carbons (Fsp3) is 0.185.